The third kappa shape index (κ3) is 3.56. The molecule has 0 bridgehead atoms. The van der Waals surface area contributed by atoms with Crippen molar-refractivity contribution in [1.29, 1.82) is 0 Å². The van der Waals surface area contributed by atoms with E-state index < -0.39 is 0 Å². The topological polar surface area (TPSA) is 79.5 Å². The SMILES string of the molecule is C[C@@H]1CCC[C@@H](C)N1C(=O)CSc1nnc(-c2ccccc2O)o1. The van der Waals surface area contributed by atoms with E-state index in [1.54, 1.807) is 24.3 Å². The number of nitrogens with zero attached hydrogens (tertiary/aromatic N) is 3. The van der Waals surface area contributed by atoms with Gasteiger partial charge in [-0.2, -0.15) is 0 Å². The number of amides is 1. The molecule has 0 radical (unpaired) electrons. The molecule has 6 nitrogen and oxygen atoms in total. The van der Waals surface area contributed by atoms with Crippen LogP contribution in [-0.4, -0.2) is 43.9 Å². The molecule has 0 spiro atoms. The van der Waals surface area contributed by atoms with Crippen LogP contribution in [-0.2, 0) is 4.79 Å². The first kappa shape index (κ1) is 16.8. The number of aromatic hydroxyl groups is 1. The monoisotopic (exact) mass is 347 g/mol. The molecule has 128 valence electrons. The quantitative estimate of drug-likeness (QED) is 0.855. The van der Waals surface area contributed by atoms with E-state index in [9.17, 15) is 9.90 Å². The van der Waals surface area contributed by atoms with Crippen molar-refractivity contribution < 1.29 is 14.3 Å². The number of rotatable bonds is 4. The van der Waals surface area contributed by atoms with Crippen molar-refractivity contribution in [2.24, 2.45) is 0 Å². The first-order valence-electron chi connectivity index (χ1n) is 8.12. The maximum atomic E-state index is 12.5. The summed E-state index contributed by atoms with van der Waals surface area (Å²) < 4.78 is 5.55. The fourth-order valence-corrected chi connectivity index (χ4v) is 3.77. The zero-order valence-electron chi connectivity index (χ0n) is 13.8. The van der Waals surface area contributed by atoms with E-state index >= 15 is 0 Å². The fraction of sp³-hybridized carbons (Fsp3) is 0.471. The van der Waals surface area contributed by atoms with Crippen LogP contribution in [0.2, 0.25) is 0 Å². The Morgan fingerprint density at radius 1 is 1.29 bits per heavy atom. The van der Waals surface area contributed by atoms with Crippen molar-refractivity contribution >= 4 is 17.7 Å². The van der Waals surface area contributed by atoms with Gasteiger partial charge in [-0.1, -0.05) is 23.9 Å². The summed E-state index contributed by atoms with van der Waals surface area (Å²) in [5, 5.41) is 18.1. The highest BCUT2D eigenvalue weighted by Gasteiger charge is 2.29. The van der Waals surface area contributed by atoms with Gasteiger partial charge in [0.1, 0.15) is 5.75 Å². The number of hydrogen-bond donors (Lipinski definition) is 1. The number of para-hydroxylation sites is 1. The number of hydrogen-bond acceptors (Lipinski definition) is 6. The van der Waals surface area contributed by atoms with Gasteiger partial charge in [-0.3, -0.25) is 4.79 Å². The molecule has 1 amide bonds. The van der Waals surface area contributed by atoms with Gasteiger partial charge in [0.05, 0.1) is 11.3 Å². The van der Waals surface area contributed by atoms with Crippen LogP contribution >= 0.6 is 11.8 Å². The van der Waals surface area contributed by atoms with Crippen molar-refractivity contribution in [2.45, 2.75) is 50.4 Å². The summed E-state index contributed by atoms with van der Waals surface area (Å²) in [4.78, 5) is 14.5. The molecule has 0 saturated carbocycles. The summed E-state index contributed by atoms with van der Waals surface area (Å²) in [7, 11) is 0. The number of phenolic OH excluding ortho intramolecular Hbond substituents is 1. The smallest absolute Gasteiger partial charge is 0.277 e. The zero-order valence-corrected chi connectivity index (χ0v) is 14.6. The summed E-state index contributed by atoms with van der Waals surface area (Å²) in [6.45, 7) is 4.20. The van der Waals surface area contributed by atoms with Crippen LogP contribution < -0.4 is 0 Å². The molecule has 3 rings (SSSR count). The molecule has 1 aromatic heterocycles. The lowest BCUT2D eigenvalue weighted by Crippen LogP contribution is -2.48. The summed E-state index contributed by atoms with van der Waals surface area (Å²) in [5.41, 5.74) is 0.487. The fourth-order valence-electron chi connectivity index (χ4n) is 3.14. The molecule has 0 aliphatic carbocycles. The molecule has 1 aromatic carbocycles. The molecule has 7 heteroatoms. The van der Waals surface area contributed by atoms with E-state index in [0.29, 0.717) is 10.8 Å². The number of likely N-dealkylation sites (tertiary alicyclic amines) is 1. The third-order valence-electron chi connectivity index (χ3n) is 4.34. The van der Waals surface area contributed by atoms with Gasteiger partial charge in [-0.05, 0) is 45.2 Å². The van der Waals surface area contributed by atoms with E-state index in [4.69, 9.17) is 4.42 Å². The van der Waals surface area contributed by atoms with E-state index in [2.05, 4.69) is 24.0 Å². The minimum Gasteiger partial charge on any atom is -0.507 e. The minimum absolute atomic E-state index is 0.0877. The molecule has 0 unspecified atom stereocenters. The summed E-state index contributed by atoms with van der Waals surface area (Å²) in [6.07, 6.45) is 3.28. The molecule has 1 aliphatic heterocycles. The first-order chi connectivity index (χ1) is 11.6. The standard InChI is InChI=1S/C17H21N3O3S/c1-11-6-5-7-12(2)20(11)15(22)10-24-17-19-18-16(23-17)13-8-3-4-9-14(13)21/h3-4,8-9,11-12,21H,5-7,10H2,1-2H3/t11-,12-/m1/s1. The average molecular weight is 347 g/mol. The second-order valence-electron chi connectivity index (χ2n) is 6.11. The summed E-state index contributed by atoms with van der Waals surface area (Å²) in [5.74, 6) is 0.714. The lowest BCUT2D eigenvalue weighted by atomic mass is 9.98. The molecule has 1 saturated heterocycles. The van der Waals surface area contributed by atoms with Gasteiger partial charge in [-0.15, -0.1) is 10.2 Å². The summed E-state index contributed by atoms with van der Waals surface area (Å²) in [6, 6.07) is 7.34. The average Bonchev–Trinajstić information content (AvgIpc) is 3.02. The van der Waals surface area contributed by atoms with Crippen LogP contribution in [0.1, 0.15) is 33.1 Å². The number of thioether (sulfide) groups is 1. The van der Waals surface area contributed by atoms with Crippen molar-refractivity contribution in [1.82, 2.24) is 15.1 Å². The predicted molar refractivity (Wildman–Crippen MR) is 91.7 cm³/mol. The molecular weight excluding hydrogens is 326 g/mol. The summed E-state index contributed by atoms with van der Waals surface area (Å²) >= 11 is 1.23. The second kappa shape index (κ2) is 7.25. The lowest BCUT2D eigenvalue weighted by Gasteiger charge is -2.39. The highest BCUT2D eigenvalue weighted by Crippen LogP contribution is 2.30. The van der Waals surface area contributed by atoms with Gasteiger partial charge in [0.15, 0.2) is 0 Å². The molecule has 2 heterocycles. The van der Waals surface area contributed by atoms with Crippen molar-refractivity contribution in [2.75, 3.05) is 5.75 Å². The van der Waals surface area contributed by atoms with E-state index in [-0.39, 0.29) is 35.4 Å². The van der Waals surface area contributed by atoms with Crippen LogP contribution in [0.25, 0.3) is 11.5 Å². The number of piperidine rings is 1. The van der Waals surface area contributed by atoms with Crippen LogP contribution in [0.15, 0.2) is 33.9 Å². The van der Waals surface area contributed by atoms with E-state index in [0.717, 1.165) is 12.8 Å². The molecular formula is C17H21N3O3S. The van der Waals surface area contributed by atoms with Gasteiger partial charge in [0, 0.05) is 12.1 Å². The van der Waals surface area contributed by atoms with Gasteiger partial charge in [0.2, 0.25) is 5.91 Å². The number of carbonyl (C=O) groups is 1. The maximum Gasteiger partial charge on any atom is 0.277 e. The number of aromatic nitrogens is 2. The third-order valence-corrected chi connectivity index (χ3v) is 5.14. The molecule has 2 atom stereocenters. The van der Waals surface area contributed by atoms with Crippen LogP contribution in [0.5, 0.6) is 5.75 Å². The number of benzene rings is 1. The Balaban J connectivity index is 1.63. The van der Waals surface area contributed by atoms with Gasteiger partial charge < -0.3 is 14.4 Å². The van der Waals surface area contributed by atoms with Gasteiger partial charge in [-0.25, -0.2) is 0 Å². The maximum absolute atomic E-state index is 12.5. The lowest BCUT2D eigenvalue weighted by molar-refractivity contribution is -0.134. The normalized spacial score (nSPS) is 21.0. The molecule has 1 fully saturated rings. The predicted octanol–water partition coefficient (Wildman–Crippen LogP) is 3.32. The van der Waals surface area contributed by atoms with E-state index in [1.807, 2.05) is 4.90 Å². The molecule has 1 N–H and O–H groups in total. The van der Waals surface area contributed by atoms with Gasteiger partial charge in [0.25, 0.3) is 11.1 Å². The zero-order chi connectivity index (χ0) is 17.1. The Morgan fingerprint density at radius 3 is 2.71 bits per heavy atom. The Morgan fingerprint density at radius 2 is 2.00 bits per heavy atom. The highest BCUT2D eigenvalue weighted by atomic mass is 32.2. The first-order valence-corrected chi connectivity index (χ1v) is 9.10. The minimum atomic E-state index is 0.0877. The molecule has 1 aliphatic rings. The largest absolute Gasteiger partial charge is 0.507 e. The molecule has 24 heavy (non-hydrogen) atoms. The van der Waals surface area contributed by atoms with Gasteiger partial charge >= 0.3 is 0 Å². The highest BCUT2D eigenvalue weighted by molar-refractivity contribution is 7.99. The Hall–Kier alpha value is -2.02. The van der Waals surface area contributed by atoms with Crippen LogP contribution in [0.4, 0.5) is 0 Å². The second-order valence-corrected chi connectivity index (χ2v) is 7.04. The Labute approximate surface area is 145 Å². The van der Waals surface area contributed by atoms with E-state index in [1.165, 1.54) is 18.2 Å². The van der Waals surface area contributed by atoms with Crippen molar-refractivity contribution in [3.8, 4) is 17.2 Å². The van der Waals surface area contributed by atoms with Crippen molar-refractivity contribution in [3.63, 3.8) is 0 Å². The van der Waals surface area contributed by atoms with Crippen LogP contribution in [0, 0.1) is 0 Å². The Kier molecular flexibility index (Phi) is 5.08. The molecule has 2 aromatic rings. The van der Waals surface area contributed by atoms with Crippen molar-refractivity contribution in [3.05, 3.63) is 24.3 Å². The number of phenols is 1. The number of carbonyl (C=O) groups excluding carboxylic acids is 1. The van der Waals surface area contributed by atoms with Crippen LogP contribution in [0.3, 0.4) is 0 Å². The Bertz CT molecular complexity index is 709.